The van der Waals surface area contributed by atoms with Crippen molar-refractivity contribution in [3.63, 3.8) is 0 Å². The van der Waals surface area contributed by atoms with Gasteiger partial charge in [-0.25, -0.2) is 12.1 Å². The number of hydrogen-bond acceptors (Lipinski definition) is 1. The third kappa shape index (κ3) is 5.77. The second kappa shape index (κ2) is 11.8. The molecule has 0 saturated heterocycles. The molecule has 150 valence electrons. The summed E-state index contributed by atoms with van der Waals surface area (Å²) in [5.74, 6) is 0. The molecule has 1 nitrogen and oxygen atoms in total. The summed E-state index contributed by atoms with van der Waals surface area (Å²) < 4.78 is 0. The summed E-state index contributed by atoms with van der Waals surface area (Å²) in [6.45, 7) is 2.22. The summed E-state index contributed by atoms with van der Waals surface area (Å²) >= 11 is 0. The zero-order chi connectivity index (χ0) is 18.9. The molecule has 0 heterocycles. The van der Waals surface area contributed by atoms with Gasteiger partial charge in [0.2, 0.25) is 0 Å². The largest absolute Gasteiger partial charge is 0.748 e. The molecule has 0 aliphatic heterocycles. The molecule has 0 bridgehead atoms. The van der Waals surface area contributed by atoms with Gasteiger partial charge in [0.15, 0.2) is 0 Å². The first-order valence-electron chi connectivity index (χ1n) is 9.31. The van der Waals surface area contributed by atoms with Gasteiger partial charge in [0.1, 0.15) is 0 Å². The van der Waals surface area contributed by atoms with Crippen LogP contribution in [0.3, 0.4) is 0 Å². The van der Waals surface area contributed by atoms with Crippen LogP contribution in [0.25, 0.3) is 0 Å². The topological polar surface area (TPSA) is 12.0 Å². The molecular formula is C25H26FeNP-6. The van der Waals surface area contributed by atoms with Crippen molar-refractivity contribution >= 4 is 23.8 Å². The Morgan fingerprint density at radius 1 is 0.750 bits per heavy atom. The van der Waals surface area contributed by atoms with E-state index in [0.717, 1.165) is 0 Å². The fourth-order valence-corrected chi connectivity index (χ4v) is 5.61. The van der Waals surface area contributed by atoms with Crippen LogP contribution in [0, 0.1) is 0 Å². The van der Waals surface area contributed by atoms with Gasteiger partial charge >= 0.3 is 0 Å². The predicted molar refractivity (Wildman–Crippen MR) is 120 cm³/mol. The summed E-state index contributed by atoms with van der Waals surface area (Å²) in [7, 11) is 1.51. The first-order valence-corrected chi connectivity index (χ1v) is 10.6. The van der Waals surface area contributed by atoms with E-state index < -0.39 is 7.92 Å². The van der Waals surface area contributed by atoms with Gasteiger partial charge < -0.3 is 35.6 Å². The molecule has 4 rings (SSSR count). The summed E-state index contributed by atoms with van der Waals surface area (Å²) in [6, 6.07) is 38.8. The SMILES string of the molecule is CN[C@@H](C)[c-]1cccc1P(c1ccccc1)c1ccccc1.[Fe].[cH-]1[cH-][cH-][cH-][cH-]1. The Balaban J connectivity index is 0.000000408. The normalized spacial score (nSPS) is 11.2. The van der Waals surface area contributed by atoms with Crippen molar-refractivity contribution in [2.45, 2.75) is 13.0 Å². The van der Waals surface area contributed by atoms with Gasteiger partial charge in [-0.1, -0.05) is 67.6 Å². The maximum atomic E-state index is 3.38. The first-order chi connectivity index (χ1) is 13.3. The molecule has 28 heavy (non-hydrogen) atoms. The van der Waals surface area contributed by atoms with Gasteiger partial charge in [0, 0.05) is 17.1 Å². The molecule has 3 heteroatoms. The zero-order valence-corrected chi connectivity index (χ0v) is 18.3. The number of benzene rings is 2. The molecule has 1 atom stereocenters. The van der Waals surface area contributed by atoms with Crippen LogP contribution in [0.2, 0.25) is 0 Å². The summed E-state index contributed by atoms with van der Waals surface area (Å²) in [4.78, 5) is 0. The van der Waals surface area contributed by atoms with Crippen molar-refractivity contribution in [3.8, 4) is 0 Å². The second-order valence-corrected chi connectivity index (χ2v) is 8.53. The van der Waals surface area contributed by atoms with Crippen LogP contribution in [-0.4, -0.2) is 7.05 Å². The van der Waals surface area contributed by atoms with E-state index in [1.54, 1.807) is 0 Å². The Morgan fingerprint density at radius 3 is 1.64 bits per heavy atom. The minimum Gasteiger partial charge on any atom is -0.748 e. The van der Waals surface area contributed by atoms with E-state index in [1.807, 2.05) is 37.4 Å². The molecule has 0 amide bonds. The van der Waals surface area contributed by atoms with Gasteiger partial charge in [-0.05, 0) is 31.6 Å². The fourth-order valence-electron chi connectivity index (χ4n) is 3.05. The minimum atomic E-state index is -0.508. The summed E-state index contributed by atoms with van der Waals surface area (Å²) in [6.07, 6.45) is 0. The standard InChI is InChI=1S/C20H21NP.C5H5.Fe/c1-16(21-2)19-14-9-15-20(19)22(17-10-5-3-6-11-17)18-12-7-4-8-13-18;1-2-4-5-3-1;/h3-16,21H,1-2H3;1-5H;/q-1;-5;/t16-;;/m0../s1. The van der Waals surface area contributed by atoms with Gasteiger partial charge in [-0.15, -0.1) is 10.9 Å². The average Bonchev–Trinajstić information content (AvgIpc) is 3.45. The van der Waals surface area contributed by atoms with Crippen molar-refractivity contribution in [1.29, 1.82) is 0 Å². The molecule has 1 N–H and O–H groups in total. The van der Waals surface area contributed by atoms with E-state index in [4.69, 9.17) is 0 Å². The average molecular weight is 427 g/mol. The van der Waals surface area contributed by atoms with Crippen molar-refractivity contribution in [3.05, 3.63) is 115 Å². The molecule has 0 saturated carbocycles. The molecule has 0 fully saturated rings. The summed E-state index contributed by atoms with van der Waals surface area (Å²) in [5, 5.41) is 7.63. The third-order valence-electron chi connectivity index (χ3n) is 4.55. The Hall–Kier alpha value is -1.95. The number of hydrogen-bond donors (Lipinski definition) is 1. The van der Waals surface area contributed by atoms with Gasteiger partial charge in [-0.3, -0.25) is 0 Å². The van der Waals surface area contributed by atoms with Gasteiger partial charge in [0.25, 0.3) is 0 Å². The summed E-state index contributed by atoms with van der Waals surface area (Å²) in [5.41, 5.74) is 1.40. The molecular weight excluding hydrogens is 401 g/mol. The van der Waals surface area contributed by atoms with Crippen LogP contribution in [0.15, 0.2) is 109 Å². The fraction of sp³-hybridized carbons (Fsp3) is 0.120. The van der Waals surface area contributed by atoms with E-state index in [1.165, 1.54) is 21.5 Å². The molecule has 4 aromatic rings. The minimum absolute atomic E-state index is 0. The maximum Gasteiger partial charge on any atom is 0 e. The van der Waals surface area contributed by atoms with Crippen molar-refractivity contribution in [2.75, 3.05) is 7.05 Å². The van der Waals surface area contributed by atoms with Gasteiger partial charge in [0.05, 0.1) is 0 Å². The maximum absolute atomic E-state index is 3.38. The van der Waals surface area contributed by atoms with Crippen LogP contribution in [-0.2, 0) is 17.1 Å². The van der Waals surface area contributed by atoms with E-state index in [0.29, 0.717) is 6.04 Å². The van der Waals surface area contributed by atoms with E-state index in [-0.39, 0.29) is 17.1 Å². The third-order valence-corrected chi connectivity index (χ3v) is 7.07. The Labute approximate surface area is 180 Å². The quantitative estimate of drug-likeness (QED) is 0.273. The van der Waals surface area contributed by atoms with E-state index in [9.17, 15) is 0 Å². The Morgan fingerprint density at radius 2 is 1.21 bits per heavy atom. The number of rotatable bonds is 5. The second-order valence-electron chi connectivity index (χ2n) is 6.35. The van der Waals surface area contributed by atoms with Crippen molar-refractivity contribution in [1.82, 2.24) is 5.32 Å². The Bertz CT molecular complexity index is 828. The Kier molecular flexibility index (Phi) is 9.41. The molecule has 0 aliphatic rings. The monoisotopic (exact) mass is 427 g/mol. The molecule has 0 spiro atoms. The van der Waals surface area contributed by atoms with Crippen molar-refractivity contribution in [2.24, 2.45) is 0 Å². The van der Waals surface area contributed by atoms with E-state index in [2.05, 4.69) is 91.1 Å². The van der Waals surface area contributed by atoms with Crippen LogP contribution in [0.5, 0.6) is 0 Å². The molecule has 4 aromatic carbocycles. The van der Waals surface area contributed by atoms with E-state index >= 15 is 0 Å². The first kappa shape index (κ1) is 22.3. The van der Waals surface area contributed by atoms with Crippen molar-refractivity contribution < 1.29 is 17.1 Å². The molecule has 0 aliphatic carbocycles. The van der Waals surface area contributed by atoms with Crippen LogP contribution in [0.1, 0.15) is 18.5 Å². The predicted octanol–water partition coefficient (Wildman–Crippen LogP) is 4.85. The molecule has 0 aromatic heterocycles. The van der Waals surface area contributed by atoms with Gasteiger partial charge in [-0.2, -0.15) is 6.07 Å². The smallest absolute Gasteiger partial charge is 0 e. The zero-order valence-electron chi connectivity index (χ0n) is 16.3. The van der Waals surface area contributed by atoms with Crippen LogP contribution in [0.4, 0.5) is 0 Å². The molecule has 0 unspecified atom stereocenters. The van der Waals surface area contributed by atoms with Crippen LogP contribution >= 0.6 is 7.92 Å². The number of nitrogens with one attached hydrogen (secondary N) is 1. The molecule has 0 radical (unpaired) electrons. The van der Waals surface area contributed by atoms with Crippen LogP contribution < -0.4 is 21.2 Å².